The van der Waals surface area contributed by atoms with E-state index in [-0.39, 0.29) is 0 Å². The number of rotatable bonds is 3. The van der Waals surface area contributed by atoms with Crippen molar-refractivity contribution in [1.82, 2.24) is 0 Å². The van der Waals surface area contributed by atoms with Gasteiger partial charge >= 0.3 is 5.97 Å². The summed E-state index contributed by atoms with van der Waals surface area (Å²) in [5.41, 5.74) is 0. The van der Waals surface area contributed by atoms with Crippen LogP contribution in [0, 0.1) is 17.8 Å². The van der Waals surface area contributed by atoms with Gasteiger partial charge in [0.25, 0.3) is 0 Å². The van der Waals surface area contributed by atoms with Crippen molar-refractivity contribution >= 4 is 5.97 Å². The fourth-order valence-corrected chi connectivity index (χ4v) is 0.854. The molecule has 0 aliphatic carbocycles. The minimum absolute atomic E-state index is 0.291. The predicted octanol–water partition coefficient (Wildman–Crippen LogP) is 1.99. The summed E-state index contributed by atoms with van der Waals surface area (Å²) < 4.78 is 4.66. The molecule has 0 amide bonds. The van der Waals surface area contributed by atoms with E-state index in [0.29, 0.717) is 12.5 Å². The van der Waals surface area contributed by atoms with Crippen LogP contribution in [-0.2, 0) is 9.53 Å². The molecular formula is C10H16O2. The van der Waals surface area contributed by atoms with Gasteiger partial charge in [0.2, 0.25) is 0 Å². The average molecular weight is 168 g/mol. The van der Waals surface area contributed by atoms with E-state index >= 15 is 0 Å². The smallest absolute Gasteiger partial charge is 0.384 e. The Labute approximate surface area is 74.3 Å². The van der Waals surface area contributed by atoms with E-state index in [0.717, 1.165) is 12.8 Å². The quantitative estimate of drug-likeness (QED) is 0.366. The lowest BCUT2D eigenvalue weighted by atomic mass is 10.1. The molecule has 0 aliphatic heterocycles. The maximum absolute atomic E-state index is 10.8. The molecule has 1 unspecified atom stereocenters. The molecule has 0 spiro atoms. The second-order valence-electron chi connectivity index (χ2n) is 2.68. The van der Waals surface area contributed by atoms with Gasteiger partial charge in [0.05, 0.1) is 6.61 Å². The van der Waals surface area contributed by atoms with Crippen LogP contribution in [0.15, 0.2) is 0 Å². The van der Waals surface area contributed by atoms with Crippen LogP contribution in [0.3, 0.4) is 0 Å². The van der Waals surface area contributed by atoms with Crippen LogP contribution < -0.4 is 0 Å². The van der Waals surface area contributed by atoms with Crippen molar-refractivity contribution in [1.29, 1.82) is 0 Å². The van der Waals surface area contributed by atoms with E-state index in [2.05, 4.69) is 23.5 Å². The molecule has 68 valence electrons. The number of ether oxygens (including phenoxy) is 1. The lowest BCUT2D eigenvalue weighted by molar-refractivity contribution is -0.136. The molecule has 0 fully saturated rings. The fourth-order valence-electron chi connectivity index (χ4n) is 0.854. The maximum atomic E-state index is 10.8. The van der Waals surface area contributed by atoms with Crippen LogP contribution in [0.4, 0.5) is 0 Å². The SMILES string of the molecule is CCCC(C)C#CC(=O)OCC. The summed E-state index contributed by atoms with van der Waals surface area (Å²) in [6.45, 7) is 6.28. The summed E-state index contributed by atoms with van der Waals surface area (Å²) in [6.07, 6.45) is 2.13. The Balaban J connectivity index is 3.76. The largest absolute Gasteiger partial charge is 0.456 e. The van der Waals surface area contributed by atoms with Crippen molar-refractivity contribution in [3.05, 3.63) is 0 Å². The molecule has 0 bridgehead atoms. The monoisotopic (exact) mass is 168 g/mol. The van der Waals surface area contributed by atoms with E-state index in [1.807, 2.05) is 6.92 Å². The molecule has 0 saturated carbocycles. The van der Waals surface area contributed by atoms with Crippen LogP contribution in [0.1, 0.15) is 33.6 Å². The van der Waals surface area contributed by atoms with Gasteiger partial charge < -0.3 is 4.74 Å². The molecule has 1 atom stereocenters. The summed E-state index contributed by atoms with van der Waals surface area (Å²) in [6, 6.07) is 0. The number of hydrogen-bond donors (Lipinski definition) is 0. The summed E-state index contributed by atoms with van der Waals surface area (Å²) in [5.74, 6) is 5.18. The maximum Gasteiger partial charge on any atom is 0.384 e. The first kappa shape index (κ1) is 11.0. The Hall–Kier alpha value is -0.970. The van der Waals surface area contributed by atoms with Crippen LogP contribution in [0.25, 0.3) is 0 Å². The van der Waals surface area contributed by atoms with Gasteiger partial charge in [0, 0.05) is 11.8 Å². The van der Waals surface area contributed by atoms with Crippen molar-refractivity contribution in [2.24, 2.45) is 5.92 Å². The number of esters is 1. The number of carbonyl (C=O) groups excluding carboxylic acids is 1. The Bertz CT molecular complexity index is 186. The molecule has 0 heterocycles. The topological polar surface area (TPSA) is 26.3 Å². The highest BCUT2D eigenvalue weighted by atomic mass is 16.5. The van der Waals surface area contributed by atoms with Crippen molar-refractivity contribution in [2.45, 2.75) is 33.6 Å². The standard InChI is InChI=1S/C10H16O2/c1-4-6-9(3)7-8-10(11)12-5-2/h9H,4-6H2,1-3H3. The Morgan fingerprint density at radius 3 is 2.67 bits per heavy atom. The second-order valence-corrected chi connectivity index (χ2v) is 2.68. The zero-order valence-corrected chi connectivity index (χ0v) is 8.02. The average Bonchev–Trinajstić information content (AvgIpc) is 2.02. The van der Waals surface area contributed by atoms with Gasteiger partial charge in [-0.25, -0.2) is 4.79 Å². The third-order valence-corrected chi connectivity index (χ3v) is 1.42. The molecule has 2 nitrogen and oxygen atoms in total. The second kappa shape index (κ2) is 6.72. The van der Waals surface area contributed by atoms with Gasteiger partial charge in [-0.05, 0) is 13.3 Å². The third kappa shape index (κ3) is 5.79. The highest BCUT2D eigenvalue weighted by molar-refractivity contribution is 5.88. The summed E-state index contributed by atoms with van der Waals surface area (Å²) >= 11 is 0. The van der Waals surface area contributed by atoms with Crippen molar-refractivity contribution in [3.8, 4) is 11.8 Å². The highest BCUT2D eigenvalue weighted by Gasteiger charge is 1.96. The first-order valence-corrected chi connectivity index (χ1v) is 4.39. The van der Waals surface area contributed by atoms with Gasteiger partial charge in [-0.15, -0.1) is 0 Å². The third-order valence-electron chi connectivity index (χ3n) is 1.42. The first-order chi connectivity index (χ1) is 5.70. The van der Waals surface area contributed by atoms with Gasteiger partial charge in [0.15, 0.2) is 0 Å². The van der Waals surface area contributed by atoms with E-state index < -0.39 is 5.97 Å². The number of carbonyl (C=O) groups is 1. The Morgan fingerprint density at radius 2 is 2.17 bits per heavy atom. The molecule has 0 aromatic heterocycles. The summed E-state index contributed by atoms with van der Waals surface area (Å²) in [7, 11) is 0. The lowest BCUT2D eigenvalue weighted by Crippen LogP contribution is -2.00. The zero-order valence-electron chi connectivity index (χ0n) is 8.02. The van der Waals surface area contributed by atoms with Gasteiger partial charge in [0.1, 0.15) is 0 Å². The van der Waals surface area contributed by atoms with E-state index in [1.54, 1.807) is 6.92 Å². The first-order valence-electron chi connectivity index (χ1n) is 4.39. The van der Waals surface area contributed by atoms with E-state index in [9.17, 15) is 4.79 Å². The summed E-state index contributed by atoms with van der Waals surface area (Å²) in [4.78, 5) is 10.8. The molecule has 0 aromatic carbocycles. The van der Waals surface area contributed by atoms with Crippen LogP contribution in [0.2, 0.25) is 0 Å². The van der Waals surface area contributed by atoms with Gasteiger partial charge in [-0.2, -0.15) is 0 Å². The van der Waals surface area contributed by atoms with Crippen molar-refractivity contribution in [3.63, 3.8) is 0 Å². The highest BCUT2D eigenvalue weighted by Crippen LogP contribution is 2.01. The minimum Gasteiger partial charge on any atom is -0.456 e. The molecular weight excluding hydrogens is 152 g/mol. The molecule has 0 saturated heterocycles. The van der Waals surface area contributed by atoms with Crippen molar-refractivity contribution in [2.75, 3.05) is 6.61 Å². The Morgan fingerprint density at radius 1 is 1.50 bits per heavy atom. The lowest BCUT2D eigenvalue weighted by Gasteiger charge is -1.98. The van der Waals surface area contributed by atoms with Crippen LogP contribution in [-0.4, -0.2) is 12.6 Å². The van der Waals surface area contributed by atoms with E-state index in [4.69, 9.17) is 0 Å². The van der Waals surface area contributed by atoms with E-state index in [1.165, 1.54) is 0 Å². The molecule has 12 heavy (non-hydrogen) atoms. The Kier molecular flexibility index (Phi) is 6.18. The molecule has 0 aromatic rings. The van der Waals surface area contributed by atoms with Crippen molar-refractivity contribution < 1.29 is 9.53 Å². The van der Waals surface area contributed by atoms with Gasteiger partial charge in [-0.1, -0.05) is 26.2 Å². The normalized spacial score (nSPS) is 11.2. The molecule has 0 N–H and O–H groups in total. The van der Waals surface area contributed by atoms with Crippen LogP contribution >= 0.6 is 0 Å². The molecule has 2 heteroatoms. The molecule has 0 aliphatic rings. The fraction of sp³-hybridized carbons (Fsp3) is 0.700. The molecule has 0 rings (SSSR count). The van der Waals surface area contributed by atoms with Gasteiger partial charge in [-0.3, -0.25) is 0 Å². The zero-order chi connectivity index (χ0) is 9.40. The van der Waals surface area contributed by atoms with Crippen LogP contribution in [0.5, 0.6) is 0 Å². The predicted molar refractivity (Wildman–Crippen MR) is 48.5 cm³/mol. The summed E-state index contributed by atoms with van der Waals surface area (Å²) in [5, 5.41) is 0. The minimum atomic E-state index is -0.416. The number of hydrogen-bond acceptors (Lipinski definition) is 2. The molecule has 0 radical (unpaired) electrons.